The van der Waals surface area contributed by atoms with E-state index in [1.165, 1.54) is 52.7 Å². The summed E-state index contributed by atoms with van der Waals surface area (Å²) in [5.74, 6) is 0.584. The van der Waals surface area contributed by atoms with Crippen LogP contribution in [0.2, 0.25) is 5.02 Å². The van der Waals surface area contributed by atoms with Gasteiger partial charge in [0.25, 0.3) is 10.0 Å². The van der Waals surface area contributed by atoms with Crippen molar-refractivity contribution >= 4 is 38.9 Å². The number of hydrogen-bond donors (Lipinski definition) is 1. The summed E-state index contributed by atoms with van der Waals surface area (Å²) in [5, 5.41) is 3.09. The van der Waals surface area contributed by atoms with Gasteiger partial charge in [-0.05, 0) is 42.5 Å². The van der Waals surface area contributed by atoms with Crippen molar-refractivity contribution in [2.24, 2.45) is 0 Å². The molecular formula is C24H25ClN2O7S. The number of hydrogen-bond acceptors (Lipinski definition) is 7. The smallest absolute Gasteiger partial charge is 0.265 e. The van der Waals surface area contributed by atoms with Crippen LogP contribution < -0.4 is 28.6 Å². The molecule has 9 nitrogen and oxygen atoms in total. The third-order valence-electron chi connectivity index (χ3n) is 4.99. The summed E-state index contributed by atoms with van der Waals surface area (Å²) < 4.78 is 49.8. The summed E-state index contributed by atoms with van der Waals surface area (Å²) in [6.07, 6.45) is 0. The molecule has 186 valence electrons. The Kier molecular flexibility index (Phi) is 8.31. The monoisotopic (exact) mass is 520 g/mol. The zero-order chi connectivity index (χ0) is 25.6. The summed E-state index contributed by atoms with van der Waals surface area (Å²) in [4.78, 5) is 12.9. The lowest BCUT2D eigenvalue weighted by Crippen LogP contribution is -2.38. The molecule has 0 aromatic heterocycles. The Morgan fingerprint density at radius 3 is 2.17 bits per heavy atom. The average molecular weight is 521 g/mol. The van der Waals surface area contributed by atoms with Crippen LogP contribution >= 0.6 is 11.6 Å². The van der Waals surface area contributed by atoms with Gasteiger partial charge in [0, 0.05) is 22.8 Å². The first-order valence-corrected chi connectivity index (χ1v) is 12.1. The molecule has 0 spiro atoms. The summed E-state index contributed by atoms with van der Waals surface area (Å²) in [5.41, 5.74) is 0.534. The van der Waals surface area contributed by atoms with Crippen molar-refractivity contribution in [2.75, 3.05) is 44.6 Å². The van der Waals surface area contributed by atoms with Crippen molar-refractivity contribution in [1.29, 1.82) is 0 Å². The van der Waals surface area contributed by atoms with Crippen LogP contribution in [0.3, 0.4) is 0 Å². The lowest BCUT2D eigenvalue weighted by atomic mass is 10.2. The highest BCUT2D eigenvalue weighted by atomic mass is 35.5. The number of nitrogens with zero attached hydrogens (tertiary/aromatic N) is 1. The fraction of sp³-hybridized carbons (Fsp3) is 0.208. The van der Waals surface area contributed by atoms with Crippen LogP contribution in [0.25, 0.3) is 0 Å². The second-order valence-corrected chi connectivity index (χ2v) is 9.42. The normalized spacial score (nSPS) is 10.9. The quantitative estimate of drug-likeness (QED) is 0.427. The minimum atomic E-state index is -4.29. The van der Waals surface area contributed by atoms with Gasteiger partial charge < -0.3 is 24.3 Å². The van der Waals surface area contributed by atoms with Crippen molar-refractivity contribution < 1.29 is 32.2 Å². The topological polar surface area (TPSA) is 103 Å². The van der Waals surface area contributed by atoms with Gasteiger partial charge in [-0.25, -0.2) is 8.42 Å². The Morgan fingerprint density at radius 1 is 0.857 bits per heavy atom. The summed E-state index contributed by atoms with van der Waals surface area (Å²) in [7, 11) is 1.40. The number of halogens is 1. The lowest BCUT2D eigenvalue weighted by molar-refractivity contribution is -0.114. The van der Waals surface area contributed by atoms with Crippen LogP contribution in [-0.2, 0) is 14.8 Å². The number of benzene rings is 3. The Hall–Kier alpha value is -3.63. The number of nitrogens with one attached hydrogen (secondary N) is 1. The SMILES string of the molecule is COc1ccc(OC)c(N(CC(=O)Nc2cccc(Cl)c2)S(=O)(=O)c2ccc(OC)c(OC)c2)c1. The molecule has 3 aromatic rings. The number of carbonyl (C=O) groups is 1. The molecule has 0 radical (unpaired) electrons. The minimum Gasteiger partial charge on any atom is -0.497 e. The molecule has 11 heteroatoms. The van der Waals surface area contributed by atoms with E-state index >= 15 is 0 Å². The summed E-state index contributed by atoms with van der Waals surface area (Å²) in [6, 6.07) is 15.3. The molecule has 0 aliphatic heterocycles. The first-order valence-electron chi connectivity index (χ1n) is 10.3. The van der Waals surface area contributed by atoms with Gasteiger partial charge in [-0.2, -0.15) is 0 Å². The molecule has 0 saturated heterocycles. The number of amides is 1. The third kappa shape index (κ3) is 5.90. The summed E-state index contributed by atoms with van der Waals surface area (Å²) >= 11 is 6.00. The molecule has 0 aliphatic carbocycles. The first-order chi connectivity index (χ1) is 16.7. The van der Waals surface area contributed by atoms with Crippen LogP contribution in [0.4, 0.5) is 11.4 Å². The van der Waals surface area contributed by atoms with Crippen molar-refractivity contribution in [3.8, 4) is 23.0 Å². The molecule has 0 bridgehead atoms. The third-order valence-corrected chi connectivity index (χ3v) is 6.98. The fourth-order valence-electron chi connectivity index (χ4n) is 3.29. The lowest BCUT2D eigenvalue weighted by Gasteiger charge is -2.26. The standard InChI is InChI=1S/C24H25ClN2O7S/c1-31-18-8-10-21(32-2)20(13-18)27(15-24(28)26-17-7-5-6-16(25)12-17)35(29,30)19-9-11-22(33-3)23(14-19)34-4/h5-14H,15H2,1-4H3,(H,26,28). The predicted octanol–water partition coefficient (Wildman–Crippen LogP) is 4.21. The molecule has 0 unspecified atom stereocenters. The van der Waals surface area contributed by atoms with E-state index in [0.29, 0.717) is 22.2 Å². The van der Waals surface area contributed by atoms with Gasteiger partial charge in [-0.1, -0.05) is 17.7 Å². The van der Waals surface area contributed by atoms with Crippen molar-refractivity contribution in [2.45, 2.75) is 4.90 Å². The molecule has 0 heterocycles. The zero-order valence-corrected chi connectivity index (χ0v) is 21.1. The molecule has 35 heavy (non-hydrogen) atoms. The summed E-state index contributed by atoms with van der Waals surface area (Å²) in [6.45, 7) is -0.563. The van der Waals surface area contributed by atoms with E-state index in [9.17, 15) is 13.2 Å². The number of sulfonamides is 1. The fourth-order valence-corrected chi connectivity index (χ4v) is 4.92. The van der Waals surface area contributed by atoms with E-state index in [-0.39, 0.29) is 22.1 Å². The van der Waals surface area contributed by atoms with Crippen LogP contribution in [0.15, 0.2) is 65.6 Å². The molecule has 0 atom stereocenters. The largest absolute Gasteiger partial charge is 0.497 e. The van der Waals surface area contributed by atoms with Crippen LogP contribution in [0.1, 0.15) is 0 Å². The molecule has 3 rings (SSSR count). The van der Waals surface area contributed by atoms with Crippen molar-refractivity contribution in [3.05, 3.63) is 65.7 Å². The number of methoxy groups -OCH3 is 4. The van der Waals surface area contributed by atoms with Crippen molar-refractivity contribution in [3.63, 3.8) is 0 Å². The molecule has 0 fully saturated rings. The first kappa shape index (κ1) is 26.0. The van der Waals surface area contributed by atoms with Gasteiger partial charge in [0.05, 0.1) is 39.0 Å². The Bertz CT molecular complexity index is 1310. The highest BCUT2D eigenvalue weighted by Gasteiger charge is 2.31. The number of ether oxygens (including phenoxy) is 4. The van der Waals surface area contributed by atoms with Gasteiger partial charge in [0.1, 0.15) is 18.0 Å². The highest BCUT2D eigenvalue weighted by Crippen LogP contribution is 2.37. The van der Waals surface area contributed by atoms with E-state index in [0.717, 1.165) is 4.31 Å². The van der Waals surface area contributed by atoms with Crippen LogP contribution in [0, 0.1) is 0 Å². The Labute approximate surface area is 209 Å². The molecule has 1 amide bonds. The molecule has 1 N–H and O–H groups in total. The molecular weight excluding hydrogens is 496 g/mol. The minimum absolute atomic E-state index is 0.114. The molecule has 0 aliphatic rings. The van der Waals surface area contributed by atoms with Gasteiger partial charge in [-0.15, -0.1) is 0 Å². The number of anilines is 2. The Morgan fingerprint density at radius 2 is 1.54 bits per heavy atom. The second kappa shape index (κ2) is 11.2. The van der Waals surface area contributed by atoms with E-state index in [4.69, 9.17) is 30.5 Å². The van der Waals surface area contributed by atoms with Gasteiger partial charge >= 0.3 is 0 Å². The Balaban J connectivity index is 2.10. The van der Waals surface area contributed by atoms with E-state index in [1.807, 2.05) is 0 Å². The van der Waals surface area contributed by atoms with Gasteiger partial charge in [0.2, 0.25) is 5.91 Å². The van der Waals surface area contributed by atoms with Crippen molar-refractivity contribution in [1.82, 2.24) is 0 Å². The van der Waals surface area contributed by atoms with Gasteiger partial charge in [0.15, 0.2) is 11.5 Å². The highest BCUT2D eigenvalue weighted by molar-refractivity contribution is 7.92. The maximum atomic E-state index is 13.8. The number of carbonyl (C=O) groups excluding carboxylic acids is 1. The van der Waals surface area contributed by atoms with E-state index < -0.39 is 22.5 Å². The second-order valence-electron chi connectivity index (χ2n) is 7.12. The van der Waals surface area contributed by atoms with Gasteiger partial charge in [-0.3, -0.25) is 9.10 Å². The maximum absolute atomic E-state index is 13.8. The predicted molar refractivity (Wildman–Crippen MR) is 134 cm³/mol. The maximum Gasteiger partial charge on any atom is 0.265 e. The van der Waals surface area contributed by atoms with E-state index in [2.05, 4.69) is 5.32 Å². The average Bonchev–Trinajstić information content (AvgIpc) is 2.86. The van der Waals surface area contributed by atoms with E-state index in [1.54, 1.807) is 36.4 Å². The molecule has 0 saturated carbocycles. The van der Waals surface area contributed by atoms with Crippen LogP contribution in [0.5, 0.6) is 23.0 Å². The zero-order valence-electron chi connectivity index (χ0n) is 19.6. The number of rotatable bonds is 10. The van der Waals surface area contributed by atoms with Crippen LogP contribution in [-0.4, -0.2) is 49.3 Å². The molecule has 3 aromatic carbocycles.